The molecule has 1 saturated carbocycles. The van der Waals surface area contributed by atoms with E-state index < -0.39 is 17.2 Å². The van der Waals surface area contributed by atoms with Gasteiger partial charge in [-0.15, -0.1) is 0 Å². The summed E-state index contributed by atoms with van der Waals surface area (Å²) in [6.07, 6.45) is 5.99. The lowest BCUT2D eigenvalue weighted by Gasteiger charge is -2.42. The minimum atomic E-state index is -0.789. The van der Waals surface area contributed by atoms with E-state index in [4.69, 9.17) is 21.3 Å². The van der Waals surface area contributed by atoms with Gasteiger partial charge in [-0.1, -0.05) is 78.9 Å². The summed E-state index contributed by atoms with van der Waals surface area (Å²) >= 11 is 6.45. The standard InChI is InChI=1S/C30H28ClN3O2/c1-5-20-18-24(31)19-34-26(22-10-7-6-8-11-22)25(32-27(20)34)21-12-14-23(15-13-21)30(16-9-17-30)33-28(35)36-29(2,3)4/h5-8,10-15,18-19H,1-2,9,16-17H2,3-4H3/p+1. The fourth-order valence-electron chi connectivity index (χ4n) is 4.79. The molecule has 1 N–H and O–H groups in total. The van der Waals surface area contributed by atoms with E-state index in [0.717, 1.165) is 58.6 Å². The van der Waals surface area contributed by atoms with Gasteiger partial charge in [0, 0.05) is 36.7 Å². The number of benzene rings is 2. The minimum Gasteiger partial charge on any atom is -0.403 e. The Hall–Kier alpha value is -3.70. The zero-order valence-electron chi connectivity index (χ0n) is 20.6. The molecule has 0 spiro atoms. The monoisotopic (exact) mass is 498 g/mol. The van der Waals surface area contributed by atoms with Crippen LogP contribution >= 0.6 is 11.6 Å². The van der Waals surface area contributed by atoms with Gasteiger partial charge in [0.1, 0.15) is 12.6 Å². The first-order valence-electron chi connectivity index (χ1n) is 12.1. The van der Waals surface area contributed by atoms with Crippen LogP contribution in [-0.2, 0) is 10.3 Å². The first kappa shape index (κ1) is 24.0. The van der Waals surface area contributed by atoms with Crippen LogP contribution in [0.25, 0.3) is 34.2 Å². The lowest BCUT2D eigenvalue weighted by atomic mass is 9.71. The van der Waals surface area contributed by atoms with Gasteiger partial charge in [-0.2, -0.15) is 0 Å². The molecule has 5 rings (SSSR count). The van der Waals surface area contributed by atoms with Crippen molar-refractivity contribution >= 4 is 29.4 Å². The van der Waals surface area contributed by atoms with Crippen molar-refractivity contribution in [1.82, 2.24) is 14.7 Å². The van der Waals surface area contributed by atoms with E-state index in [9.17, 15) is 4.79 Å². The van der Waals surface area contributed by atoms with Crippen molar-refractivity contribution in [1.29, 1.82) is 0 Å². The van der Waals surface area contributed by atoms with Crippen molar-refractivity contribution < 1.29 is 9.53 Å². The Balaban J connectivity index is 1.56. The molecule has 1 aliphatic carbocycles. The number of hydrogen-bond acceptors (Lipinski definition) is 3. The average molecular weight is 499 g/mol. The van der Waals surface area contributed by atoms with E-state index in [2.05, 4.69) is 55.2 Å². The molecule has 1 amide bonds. The van der Waals surface area contributed by atoms with Gasteiger partial charge in [-0.3, -0.25) is 4.40 Å². The predicted molar refractivity (Wildman–Crippen MR) is 146 cm³/mol. The maximum Gasteiger partial charge on any atom is 0.411 e. The summed E-state index contributed by atoms with van der Waals surface area (Å²) in [6.45, 7) is 11.3. The van der Waals surface area contributed by atoms with E-state index in [0.29, 0.717) is 5.02 Å². The average Bonchev–Trinajstić information content (AvgIpc) is 3.19. The second-order valence-electron chi connectivity index (χ2n) is 9.97. The highest BCUT2D eigenvalue weighted by Gasteiger charge is 2.41. The molecule has 0 atom stereocenters. The number of nitrogens with one attached hydrogen (secondary N) is 1. The second kappa shape index (κ2) is 9.07. The van der Waals surface area contributed by atoms with Gasteiger partial charge in [-0.05, 0) is 30.9 Å². The molecule has 1 fully saturated rings. The maximum atomic E-state index is 12.5. The topological polar surface area (TPSA) is 55.6 Å². The SMILES string of the molecule is C=Cc1cc(Cl)cn2c(-c3ccccc3)c(-c3ccc(C4(NC(=O)OC([CH2+])(C)C)CCC4)cc3)nc12. The molecule has 0 radical (unpaired) electrons. The highest BCUT2D eigenvalue weighted by Crippen LogP contribution is 2.43. The highest BCUT2D eigenvalue weighted by molar-refractivity contribution is 6.30. The van der Waals surface area contributed by atoms with Crippen LogP contribution in [-0.4, -0.2) is 21.1 Å². The number of pyridine rings is 1. The summed E-state index contributed by atoms with van der Waals surface area (Å²) in [5, 5.41) is 3.71. The molecule has 1 aliphatic rings. The Bertz CT molecular complexity index is 1430. The summed E-state index contributed by atoms with van der Waals surface area (Å²) in [7, 11) is 0. The summed E-state index contributed by atoms with van der Waals surface area (Å²) in [5.41, 5.74) is 5.33. The lowest BCUT2D eigenvalue weighted by Crippen LogP contribution is -2.52. The third-order valence-corrected chi connectivity index (χ3v) is 6.82. The molecule has 5 nitrogen and oxygen atoms in total. The number of halogens is 1. The number of amides is 1. The molecule has 36 heavy (non-hydrogen) atoms. The number of carbonyl (C=O) groups excluding carboxylic acids is 1. The number of alkyl carbamates (subject to hydrolysis) is 1. The van der Waals surface area contributed by atoms with Crippen LogP contribution in [0.5, 0.6) is 0 Å². The smallest absolute Gasteiger partial charge is 0.403 e. The van der Waals surface area contributed by atoms with Crippen molar-refractivity contribution in [3.05, 3.63) is 96.5 Å². The molecule has 0 saturated heterocycles. The van der Waals surface area contributed by atoms with Gasteiger partial charge in [0.25, 0.3) is 0 Å². The van der Waals surface area contributed by atoms with Crippen molar-refractivity contribution in [2.45, 2.75) is 44.2 Å². The Kier molecular flexibility index (Phi) is 6.05. The third kappa shape index (κ3) is 4.47. The fourth-order valence-corrected chi connectivity index (χ4v) is 5.01. The van der Waals surface area contributed by atoms with Crippen LogP contribution in [0.15, 0.2) is 73.4 Å². The van der Waals surface area contributed by atoms with Crippen molar-refractivity contribution in [3.63, 3.8) is 0 Å². The number of nitrogens with zero attached hydrogens (tertiary/aromatic N) is 2. The normalized spacial score (nSPS) is 14.8. The Morgan fingerprint density at radius 1 is 1.17 bits per heavy atom. The zero-order chi connectivity index (χ0) is 25.5. The molecule has 0 aliphatic heterocycles. The van der Waals surface area contributed by atoms with Crippen LogP contribution < -0.4 is 5.32 Å². The first-order chi connectivity index (χ1) is 17.2. The Morgan fingerprint density at radius 2 is 1.86 bits per heavy atom. The second-order valence-corrected chi connectivity index (χ2v) is 10.4. The van der Waals surface area contributed by atoms with E-state index in [1.807, 2.05) is 34.9 Å². The van der Waals surface area contributed by atoms with Crippen molar-refractivity contribution in [2.75, 3.05) is 0 Å². The van der Waals surface area contributed by atoms with E-state index in [-0.39, 0.29) is 0 Å². The number of imidazole rings is 1. The molecular weight excluding hydrogens is 470 g/mol. The van der Waals surface area contributed by atoms with Gasteiger partial charge < -0.3 is 10.1 Å². The molecule has 4 aromatic rings. The molecular formula is C30H29ClN3O2+. The number of aromatic nitrogens is 2. The first-order valence-corrected chi connectivity index (χ1v) is 12.4. The molecule has 0 unspecified atom stereocenters. The van der Waals surface area contributed by atoms with Gasteiger partial charge in [0.05, 0.1) is 21.9 Å². The maximum absolute atomic E-state index is 12.5. The van der Waals surface area contributed by atoms with Crippen LogP contribution in [0, 0.1) is 6.92 Å². The number of ether oxygens (including phenoxy) is 1. The molecule has 2 heterocycles. The number of carbonyl (C=O) groups is 1. The molecule has 0 bridgehead atoms. The largest absolute Gasteiger partial charge is 0.411 e. The minimum absolute atomic E-state index is 0.425. The van der Waals surface area contributed by atoms with Gasteiger partial charge in [-0.25, -0.2) is 9.78 Å². The summed E-state index contributed by atoms with van der Waals surface area (Å²) in [5.74, 6) is 0. The quantitative estimate of drug-likeness (QED) is 0.277. The highest BCUT2D eigenvalue weighted by atomic mass is 35.5. The van der Waals surface area contributed by atoms with Crippen LogP contribution in [0.2, 0.25) is 5.02 Å². The van der Waals surface area contributed by atoms with E-state index in [1.54, 1.807) is 19.9 Å². The number of fused-ring (bicyclic) bond motifs is 1. The zero-order valence-corrected chi connectivity index (χ0v) is 21.3. The summed E-state index contributed by atoms with van der Waals surface area (Å²) < 4.78 is 7.45. The van der Waals surface area contributed by atoms with E-state index in [1.165, 1.54) is 0 Å². The van der Waals surface area contributed by atoms with Gasteiger partial charge in [0.15, 0.2) is 0 Å². The summed E-state index contributed by atoms with van der Waals surface area (Å²) in [4.78, 5) is 17.5. The Morgan fingerprint density at radius 3 is 2.44 bits per heavy atom. The van der Waals surface area contributed by atoms with Crippen LogP contribution in [0.1, 0.15) is 44.2 Å². The molecule has 6 heteroatoms. The fraction of sp³-hybridized carbons (Fsp3) is 0.233. The van der Waals surface area contributed by atoms with Crippen molar-refractivity contribution in [2.24, 2.45) is 0 Å². The number of hydrogen-bond donors (Lipinski definition) is 1. The van der Waals surface area contributed by atoms with Gasteiger partial charge >= 0.3 is 6.09 Å². The lowest BCUT2D eigenvalue weighted by molar-refractivity contribution is 0.0525. The summed E-state index contributed by atoms with van der Waals surface area (Å²) in [6, 6.07) is 20.3. The van der Waals surface area contributed by atoms with Crippen molar-refractivity contribution in [3.8, 4) is 22.5 Å². The molecule has 2 aromatic carbocycles. The Labute approximate surface area is 216 Å². The predicted octanol–water partition coefficient (Wildman–Crippen LogP) is 7.68. The van der Waals surface area contributed by atoms with E-state index >= 15 is 0 Å². The third-order valence-electron chi connectivity index (χ3n) is 6.61. The molecule has 2 aromatic heterocycles. The van der Waals surface area contributed by atoms with Gasteiger partial charge in [0.2, 0.25) is 5.60 Å². The molecule has 182 valence electrons. The van der Waals surface area contributed by atoms with Crippen LogP contribution in [0.4, 0.5) is 4.79 Å². The number of rotatable bonds is 6. The van der Waals surface area contributed by atoms with Crippen LogP contribution in [0.3, 0.4) is 0 Å².